The highest BCUT2D eigenvalue weighted by Gasteiger charge is 2.33. The summed E-state index contributed by atoms with van der Waals surface area (Å²) in [6, 6.07) is 17.6. The molecule has 0 saturated carbocycles. The second kappa shape index (κ2) is 7.41. The quantitative estimate of drug-likeness (QED) is 0.768. The zero-order chi connectivity index (χ0) is 16.2. The zero-order valence-electron chi connectivity index (χ0n) is 12.8. The van der Waals surface area contributed by atoms with E-state index in [0.29, 0.717) is 0 Å². The molecule has 5 heteroatoms. The Hall–Kier alpha value is -1.46. The van der Waals surface area contributed by atoms with Gasteiger partial charge in [-0.2, -0.15) is 0 Å². The number of halogens is 1. The minimum Gasteiger partial charge on any atom is -0.481 e. The van der Waals surface area contributed by atoms with Crippen molar-refractivity contribution in [3.63, 3.8) is 0 Å². The molecule has 0 bridgehead atoms. The first-order valence-corrected chi connectivity index (χ1v) is 9.38. The molecule has 1 aliphatic heterocycles. The summed E-state index contributed by atoms with van der Waals surface area (Å²) in [4.78, 5) is 14.7. The Labute approximate surface area is 149 Å². The van der Waals surface area contributed by atoms with Gasteiger partial charge in [0.25, 0.3) is 5.91 Å². The lowest BCUT2D eigenvalue weighted by Crippen LogP contribution is -2.40. The van der Waals surface area contributed by atoms with Gasteiger partial charge in [0.05, 0.1) is 0 Å². The van der Waals surface area contributed by atoms with Crippen LogP contribution < -0.4 is 4.74 Å². The average molecular weight is 392 g/mol. The van der Waals surface area contributed by atoms with Crippen LogP contribution in [-0.4, -0.2) is 29.2 Å². The molecule has 0 aliphatic carbocycles. The number of amides is 1. The number of benzene rings is 2. The monoisotopic (exact) mass is 391 g/mol. The van der Waals surface area contributed by atoms with Gasteiger partial charge in [-0.3, -0.25) is 4.79 Å². The Balaban J connectivity index is 1.71. The van der Waals surface area contributed by atoms with Crippen LogP contribution in [0.1, 0.15) is 17.9 Å². The molecule has 0 radical (unpaired) electrons. The number of carbonyl (C=O) groups excluding carboxylic acids is 1. The van der Waals surface area contributed by atoms with Crippen molar-refractivity contribution >= 4 is 33.6 Å². The molecular weight excluding hydrogens is 374 g/mol. The van der Waals surface area contributed by atoms with Crippen LogP contribution in [0.3, 0.4) is 0 Å². The van der Waals surface area contributed by atoms with Gasteiger partial charge >= 0.3 is 0 Å². The lowest BCUT2D eigenvalue weighted by Gasteiger charge is -2.27. The number of hydrogen-bond donors (Lipinski definition) is 0. The van der Waals surface area contributed by atoms with E-state index in [1.54, 1.807) is 11.8 Å². The first kappa shape index (κ1) is 16.4. The summed E-state index contributed by atoms with van der Waals surface area (Å²) in [5.74, 6) is 1.71. The van der Waals surface area contributed by atoms with Crippen molar-refractivity contribution in [2.75, 3.05) is 12.3 Å². The number of rotatable bonds is 4. The molecule has 2 atom stereocenters. The van der Waals surface area contributed by atoms with Crippen LogP contribution in [-0.2, 0) is 4.79 Å². The number of ether oxygens (including phenoxy) is 1. The minimum atomic E-state index is -0.492. The van der Waals surface area contributed by atoms with Crippen molar-refractivity contribution in [1.82, 2.24) is 4.90 Å². The SMILES string of the molecule is CC(Oc1ccccc1)C(=O)N1CCSC1c1ccc(Br)cc1. The highest BCUT2D eigenvalue weighted by atomic mass is 79.9. The van der Waals surface area contributed by atoms with Gasteiger partial charge < -0.3 is 9.64 Å². The van der Waals surface area contributed by atoms with Crippen molar-refractivity contribution in [2.24, 2.45) is 0 Å². The first-order valence-electron chi connectivity index (χ1n) is 7.54. The average Bonchev–Trinajstić information content (AvgIpc) is 3.05. The topological polar surface area (TPSA) is 29.5 Å². The summed E-state index contributed by atoms with van der Waals surface area (Å²) >= 11 is 5.25. The normalized spacial score (nSPS) is 18.7. The van der Waals surface area contributed by atoms with E-state index in [1.165, 1.54) is 0 Å². The van der Waals surface area contributed by atoms with Gasteiger partial charge in [-0.1, -0.05) is 46.3 Å². The Morgan fingerprint density at radius 1 is 1.22 bits per heavy atom. The molecule has 1 aliphatic rings. The van der Waals surface area contributed by atoms with Gasteiger partial charge in [0.2, 0.25) is 0 Å². The summed E-state index contributed by atoms with van der Waals surface area (Å²) < 4.78 is 6.83. The Morgan fingerprint density at radius 2 is 1.91 bits per heavy atom. The van der Waals surface area contributed by atoms with Crippen LogP contribution in [0.25, 0.3) is 0 Å². The van der Waals surface area contributed by atoms with E-state index in [-0.39, 0.29) is 11.3 Å². The maximum Gasteiger partial charge on any atom is 0.264 e. The van der Waals surface area contributed by atoms with Gasteiger partial charge in [-0.25, -0.2) is 0 Å². The minimum absolute atomic E-state index is 0.0340. The Morgan fingerprint density at radius 3 is 2.61 bits per heavy atom. The third kappa shape index (κ3) is 3.90. The zero-order valence-corrected chi connectivity index (χ0v) is 15.2. The van der Waals surface area contributed by atoms with E-state index in [2.05, 4.69) is 28.1 Å². The third-order valence-electron chi connectivity index (χ3n) is 3.73. The molecular formula is C18H18BrNO2S. The standard InChI is InChI=1S/C18H18BrNO2S/c1-13(22-16-5-3-2-4-6-16)17(21)20-11-12-23-18(20)14-7-9-15(19)10-8-14/h2-10,13,18H,11-12H2,1H3. The fraction of sp³-hybridized carbons (Fsp3) is 0.278. The Kier molecular flexibility index (Phi) is 5.28. The molecule has 2 aromatic rings. The van der Waals surface area contributed by atoms with Crippen molar-refractivity contribution in [3.05, 3.63) is 64.6 Å². The van der Waals surface area contributed by atoms with Gasteiger partial charge in [0.1, 0.15) is 11.1 Å². The molecule has 0 spiro atoms. The van der Waals surface area contributed by atoms with Crippen LogP contribution in [0.4, 0.5) is 0 Å². The maximum atomic E-state index is 12.8. The Bertz CT molecular complexity index is 662. The van der Waals surface area contributed by atoms with E-state index in [1.807, 2.05) is 54.3 Å². The molecule has 1 amide bonds. The number of nitrogens with zero attached hydrogens (tertiary/aromatic N) is 1. The lowest BCUT2D eigenvalue weighted by atomic mass is 10.2. The van der Waals surface area contributed by atoms with Gasteiger partial charge in [-0.05, 0) is 36.8 Å². The third-order valence-corrected chi connectivity index (χ3v) is 5.52. The molecule has 120 valence electrons. The largest absolute Gasteiger partial charge is 0.481 e. The van der Waals surface area contributed by atoms with Gasteiger partial charge in [-0.15, -0.1) is 11.8 Å². The van der Waals surface area contributed by atoms with E-state index in [4.69, 9.17) is 4.74 Å². The van der Waals surface area contributed by atoms with Crippen LogP contribution in [0, 0.1) is 0 Å². The van der Waals surface area contributed by atoms with E-state index in [0.717, 1.165) is 28.1 Å². The fourth-order valence-corrected chi connectivity index (χ4v) is 4.11. The molecule has 23 heavy (non-hydrogen) atoms. The molecule has 1 heterocycles. The summed E-state index contributed by atoms with van der Waals surface area (Å²) in [6.45, 7) is 2.57. The molecule has 0 aromatic heterocycles. The number of para-hydroxylation sites is 1. The predicted molar refractivity (Wildman–Crippen MR) is 97.6 cm³/mol. The van der Waals surface area contributed by atoms with Crippen LogP contribution >= 0.6 is 27.7 Å². The lowest BCUT2D eigenvalue weighted by molar-refractivity contribution is -0.138. The second-order valence-electron chi connectivity index (χ2n) is 5.38. The molecule has 2 aromatic carbocycles. The number of hydrogen-bond acceptors (Lipinski definition) is 3. The van der Waals surface area contributed by atoms with Crippen LogP contribution in [0.2, 0.25) is 0 Å². The van der Waals surface area contributed by atoms with Crippen molar-refractivity contribution in [2.45, 2.75) is 18.4 Å². The highest BCUT2D eigenvalue weighted by molar-refractivity contribution is 9.10. The predicted octanol–water partition coefficient (Wildman–Crippen LogP) is 4.49. The van der Waals surface area contributed by atoms with Crippen LogP contribution in [0.5, 0.6) is 5.75 Å². The summed E-state index contributed by atoms with van der Waals surface area (Å²) in [6.07, 6.45) is -0.492. The fourth-order valence-electron chi connectivity index (χ4n) is 2.59. The molecule has 1 fully saturated rings. The second-order valence-corrected chi connectivity index (χ2v) is 7.48. The van der Waals surface area contributed by atoms with E-state index < -0.39 is 6.10 Å². The van der Waals surface area contributed by atoms with Gasteiger partial charge in [0.15, 0.2) is 6.10 Å². The van der Waals surface area contributed by atoms with Crippen molar-refractivity contribution < 1.29 is 9.53 Å². The molecule has 1 saturated heterocycles. The molecule has 3 rings (SSSR count). The maximum absolute atomic E-state index is 12.8. The van der Waals surface area contributed by atoms with Crippen molar-refractivity contribution in [3.8, 4) is 5.75 Å². The van der Waals surface area contributed by atoms with E-state index in [9.17, 15) is 4.79 Å². The summed E-state index contributed by atoms with van der Waals surface area (Å²) in [7, 11) is 0. The first-order chi connectivity index (χ1) is 11.1. The van der Waals surface area contributed by atoms with Crippen LogP contribution in [0.15, 0.2) is 59.1 Å². The van der Waals surface area contributed by atoms with Crippen molar-refractivity contribution in [1.29, 1.82) is 0 Å². The summed E-state index contributed by atoms with van der Waals surface area (Å²) in [5, 5.41) is 0.0671. The highest BCUT2D eigenvalue weighted by Crippen LogP contribution is 2.38. The molecule has 0 N–H and O–H groups in total. The van der Waals surface area contributed by atoms with E-state index >= 15 is 0 Å². The number of thioether (sulfide) groups is 1. The smallest absolute Gasteiger partial charge is 0.264 e. The number of carbonyl (C=O) groups is 1. The molecule has 2 unspecified atom stereocenters. The molecule has 3 nitrogen and oxygen atoms in total. The van der Waals surface area contributed by atoms with Gasteiger partial charge in [0, 0.05) is 16.8 Å². The summed E-state index contributed by atoms with van der Waals surface area (Å²) in [5.41, 5.74) is 1.15.